The molecule has 1 atom stereocenters. The quantitative estimate of drug-likeness (QED) is 0.862. The number of amides is 1. The zero-order valence-electron chi connectivity index (χ0n) is 9.60. The average molecular weight is 269 g/mol. The highest BCUT2D eigenvalue weighted by atomic mass is 35.5. The summed E-state index contributed by atoms with van der Waals surface area (Å²) in [5.41, 5.74) is 0.767. The molecule has 96 valence electrons. The largest absolute Gasteiger partial charge is 0.481 e. The van der Waals surface area contributed by atoms with E-state index in [9.17, 15) is 9.59 Å². The van der Waals surface area contributed by atoms with Gasteiger partial charge < -0.3 is 15.3 Å². The standard InChI is InChI=1S/C12H13ClN2O3/c13-8-2-1-3-9(6-8)15-5-4-14-12(18)10(15)7-11(16)17/h1-3,6,10H,4-5,7H2,(H,14,18)(H,16,17). The van der Waals surface area contributed by atoms with E-state index in [0.717, 1.165) is 5.69 Å². The van der Waals surface area contributed by atoms with Gasteiger partial charge in [0.2, 0.25) is 5.91 Å². The number of nitrogens with one attached hydrogen (secondary N) is 1. The molecule has 0 radical (unpaired) electrons. The van der Waals surface area contributed by atoms with Crippen molar-refractivity contribution in [1.29, 1.82) is 0 Å². The van der Waals surface area contributed by atoms with Gasteiger partial charge in [0.25, 0.3) is 0 Å². The monoisotopic (exact) mass is 268 g/mol. The Balaban J connectivity index is 2.27. The first-order chi connectivity index (χ1) is 8.58. The molecule has 1 aromatic rings. The lowest BCUT2D eigenvalue weighted by Crippen LogP contribution is -2.56. The second-order valence-corrected chi connectivity index (χ2v) is 4.51. The number of carbonyl (C=O) groups is 2. The van der Waals surface area contributed by atoms with Crippen LogP contribution >= 0.6 is 11.6 Å². The molecule has 1 aliphatic rings. The van der Waals surface area contributed by atoms with Gasteiger partial charge in [-0.1, -0.05) is 17.7 Å². The third-order valence-electron chi connectivity index (χ3n) is 2.84. The molecule has 1 unspecified atom stereocenters. The second-order valence-electron chi connectivity index (χ2n) is 4.08. The Morgan fingerprint density at radius 3 is 3.00 bits per heavy atom. The van der Waals surface area contributed by atoms with E-state index in [4.69, 9.17) is 16.7 Å². The Labute approximate surface area is 109 Å². The summed E-state index contributed by atoms with van der Waals surface area (Å²) in [5, 5.41) is 12.1. The van der Waals surface area contributed by atoms with Crippen LogP contribution in [-0.4, -0.2) is 36.1 Å². The van der Waals surface area contributed by atoms with Crippen LogP contribution in [0.4, 0.5) is 5.69 Å². The van der Waals surface area contributed by atoms with Gasteiger partial charge in [0.05, 0.1) is 6.42 Å². The van der Waals surface area contributed by atoms with Crippen LogP contribution in [0, 0.1) is 0 Å². The number of carbonyl (C=O) groups excluding carboxylic acids is 1. The Kier molecular flexibility index (Phi) is 3.72. The van der Waals surface area contributed by atoms with Crippen LogP contribution in [0.25, 0.3) is 0 Å². The van der Waals surface area contributed by atoms with Crippen molar-refractivity contribution in [2.45, 2.75) is 12.5 Å². The summed E-state index contributed by atoms with van der Waals surface area (Å²) in [7, 11) is 0. The molecule has 1 fully saturated rings. The van der Waals surface area contributed by atoms with E-state index in [1.807, 2.05) is 6.07 Å². The maximum atomic E-state index is 11.7. The first kappa shape index (κ1) is 12.7. The lowest BCUT2D eigenvalue weighted by atomic mass is 10.1. The number of aliphatic carboxylic acids is 1. The summed E-state index contributed by atoms with van der Waals surface area (Å²) in [6, 6.07) is 6.38. The van der Waals surface area contributed by atoms with E-state index < -0.39 is 12.0 Å². The minimum Gasteiger partial charge on any atom is -0.481 e. The summed E-state index contributed by atoms with van der Waals surface area (Å²) < 4.78 is 0. The Bertz CT molecular complexity index is 478. The van der Waals surface area contributed by atoms with Gasteiger partial charge in [-0.15, -0.1) is 0 Å². The molecule has 6 heteroatoms. The van der Waals surface area contributed by atoms with Crippen LogP contribution in [-0.2, 0) is 9.59 Å². The lowest BCUT2D eigenvalue weighted by Gasteiger charge is -2.36. The van der Waals surface area contributed by atoms with Crippen molar-refractivity contribution in [2.24, 2.45) is 0 Å². The van der Waals surface area contributed by atoms with Gasteiger partial charge in [0.1, 0.15) is 6.04 Å². The van der Waals surface area contributed by atoms with Gasteiger partial charge in [0, 0.05) is 23.8 Å². The molecule has 1 heterocycles. The second kappa shape index (κ2) is 5.27. The molecule has 0 spiro atoms. The molecule has 0 bridgehead atoms. The summed E-state index contributed by atoms with van der Waals surface area (Å²) >= 11 is 5.91. The van der Waals surface area contributed by atoms with E-state index in [1.54, 1.807) is 23.1 Å². The number of rotatable bonds is 3. The van der Waals surface area contributed by atoms with Gasteiger partial charge in [-0.05, 0) is 18.2 Å². The predicted octanol–water partition coefficient (Wildman–Crippen LogP) is 1.12. The van der Waals surface area contributed by atoms with Gasteiger partial charge in [0.15, 0.2) is 0 Å². The molecule has 1 saturated heterocycles. The van der Waals surface area contributed by atoms with E-state index >= 15 is 0 Å². The molecule has 18 heavy (non-hydrogen) atoms. The first-order valence-corrected chi connectivity index (χ1v) is 5.97. The van der Waals surface area contributed by atoms with Crippen molar-refractivity contribution in [2.75, 3.05) is 18.0 Å². The van der Waals surface area contributed by atoms with Gasteiger partial charge >= 0.3 is 5.97 Å². The smallest absolute Gasteiger partial charge is 0.305 e. The summed E-state index contributed by atoms with van der Waals surface area (Å²) in [5.74, 6) is -1.26. The molecule has 2 N–H and O–H groups in total. The van der Waals surface area contributed by atoms with Crippen LogP contribution in [0.2, 0.25) is 5.02 Å². The van der Waals surface area contributed by atoms with Crippen molar-refractivity contribution >= 4 is 29.2 Å². The van der Waals surface area contributed by atoms with E-state index in [-0.39, 0.29) is 12.3 Å². The summed E-state index contributed by atoms with van der Waals surface area (Å²) in [6.07, 6.45) is -0.224. The first-order valence-electron chi connectivity index (χ1n) is 5.59. The molecular formula is C12H13ClN2O3. The maximum Gasteiger partial charge on any atom is 0.305 e. The fraction of sp³-hybridized carbons (Fsp3) is 0.333. The average Bonchev–Trinajstić information content (AvgIpc) is 2.31. The van der Waals surface area contributed by atoms with Crippen LogP contribution in [0.3, 0.4) is 0 Å². The van der Waals surface area contributed by atoms with Gasteiger partial charge in [-0.3, -0.25) is 9.59 Å². The Hall–Kier alpha value is -1.75. The summed E-state index contributed by atoms with van der Waals surface area (Å²) in [4.78, 5) is 24.4. The number of carboxylic acid groups (broad SMARTS) is 1. The number of piperazine rings is 1. The minimum atomic E-state index is -0.996. The Morgan fingerprint density at radius 1 is 1.56 bits per heavy atom. The number of nitrogens with zero attached hydrogens (tertiary/aromatic N) is 1. The van der Waals surface area contributed by atoms with Crippen LogP contribution in [0.15, 0.2) is 24.3 Å². The topological polar surface area (TPSA) is 69.6 Å². The highest BCUT2D eigenvalue weighted by molar-refractivity contribution is 6.30. The molecule has 1 aliphatic heterocycles. The van der Waals surface area contributed by atoms with Crippen molar-refractivity contribution in [1.82, 2.24) is 5.32 Å². The lowest BCUT2D eigenvalue weighted by molar-refractivity contribution is -0.139. The van der Waals surface area contributed by atoms with Crippen molar-refractivity contribution in [3.05, 3.63) is 29.3 Å². The van der Waals surface area contributed by atoms with Crippen LogP contribution in [0.1, 0.15) is 6.42 Å². The van der Waals surface area contributed by atoms with Crippen molar-refractivity contribution in [3.63, 3.8) is 0 Å². The zero-order valence-corrected chi connectivity index (χ0v) is 10.4. The molecule has 2 rings (SSSR count). The molecule has 0 aromatic heterocycles. The predicted molar refractivity (Wildman–Crippen MR) is 67.8 cm³/mol. The van der Waals surface area contributed by atoms with Crippen LogP contribution < -0.4 is 10.2 Å². The molecular weight excluding hydrogens is 256 g/mol. The number of halogens is 1. The molecule has 0 saturated carbocycles. The van der Waals surface area contributed by atoms with Crippen molar-refractivity contribution in [3.8, 4) is 0 Å². The fourth-order valence-corrected chi connectivity index (χ4v) is 2.23. The van der Waals surface area contributed by atoms with Crippen LogP contribution in [0.5, 0.6) is 0 Å². The van der Waals surface area contributed by atoms with E-state index in [1.165, 1.54) is 0 Å². The number of anilines is 1. The molecule has 1 amide bonds. The maximum absolute atomic E-state index is 11.7. The van der Waals surface area contributed by atoms with Gasteiger partial charge in [-0.2, -0.15) is 0 Å². The number of benzene rings is 1. The third-order valence-corrected chi connectivity index (χ3v) is 3.07. The molecule has 1 aromatic carbocycles. The fourth-order valence-electron chi connectivity index (χ4n) is 2.05. The zero-order chi connectivity index (χ0) is 13.1. The molecule has 0 aliphatic carbocycles. The number of carboxylic acids is 1. The number of hydrogen-bond donors (Lipinski definition) is 2. The molecule has 5 nitrogen and oxygen atoms in total. The number of hydrogen-bond acceptors (Lipinski definition) is 3. The summed E-state index contributed by atoms with van der Waals surface area (Å²) in [6.45, 7) is 1.07. The normalized spacial score (nSPS) is 19.5. The highest BCUT2D eigenvalue weighted by Gasteiger charge is 2.31. The van der Waals surface area contributed by atoms with E-state index in [0.29, 0.717) is 18.1 Å². The Morgan fingerprint density at radius 2 is 2.33 bits per heavy atom. The van der Waals surface area contributed by atoms with E-state index in [2.05, 4.69) is 5.32 Å². The van der Waals surface area contributed by atoms with Gasteiger partial charge in [-0.25, -0.2) is 0 Å². The third kappa shape index (κ3) is 2.73. The highest BCUT2D eigenvalue weighted by Crippen LogP contribution is 2.23. The SMILES string of the molecule is O=C(O)CC1C(=O)NCCN1c1cccc(Cl)c1. The van der Waals surface area contributed by atoms with Crippen molar-refractivity contribution < 1.29 is 14.7 Å². The minimum absolute atomic E-state index is 0.224.